The normalized spacial score (nSPS) is 16.3. The van der Waals surface area contributed by atoms with E-state index in [1.165, 1.54) is 0 Å². The number of carbonyl (C=O) groups is 2. The van der Waals surface area contributed by atoms with Gasteiger partial charge in [-0.3, -0.25) is 9.59 Å². The van der Waals surface area contributed by atoms with Gasteiger partial charge in [0.05, 0.1) is 13.0 Å². The van der Waals surface area contributed by atoms with E-state index in [1.807, 2.05) is 42.5 Å². The average Bonchev–Trinajstić information content (AvgIpc) is 2.64. The molecule has 0 radical (unpaired) electrons. The first kappa shape index (κ1) is 18.4. The van der Waals surface area contributed by atoms with Gasteiger partial charge in [0.2, 0.25) is 11.8 Å². The molecule has 1 heterocycles. The zero-order chi connectivity index (χ0) is 18.5. The molecule has 3 rings (SSSR count). The van der Waals surface area contributed by atoms with Gasteiger partial charge in [-0.25, -0.2) is 0 Å². The molecule has 136 valence electrons. The van der Waals surface area contributed by atoms with Gasteiger partial charge in [0.1, 0.15) is 6.04 Å². The van der Waals surface area contributed by atoms with Gasteiger partial charge in [-0.2, -0.15) is 0 Å². The Bertz CT molecular complexity index is 809. The highest BCUT2D eigenvalue weighted by atomic mass is 35.5. The summed E-state index contributed by atoms with van der Waals surface area (Å²) in [5.41, 5.74) is 2.67. The number of carbonyl (C=O) groups excluding carboxylic acids is 2. The first-order valence-corrected chi connectivity index (χ1v) is 8.86. The Morgan fingerprint density at radius 2 is 2.08 bits per heavy atom. The highest BCUT2D eigenvalue weighted by Crippen LogP contribution is 2.30. The summed E-state index contributed by atoms with van der Waals surface area (Å²) >= 11 is 6.00. The molecule has 5 nitrogen and oxygen atoms in total. The number of methoxy groups -OCH3 is 1. The minimum absolute atomic E-state index is 0.0661. The third-order valence-corrected chi connectivity index (χ3v) is 4.70. The van der Waals surface area contributed by atoms with Crippen LogP contribution in [0.1, 0.15) is 22.7 Å². The van der Waals surface area contributed by atoms with E-state index in [4.69, 9.17) is 16.3 Å². The van der Waals surface area contributed by atoms with Gasteiger partial charge in [0, 0.05) is 25.2 Å². The quantitative estimate of drug-likeness (QED) is 0.848. The number of halogens is 1. The van der Waals surface area contributed by atoms with Gasteiger partial charge in [-0.05, 0) is 28.8 Å². The fourth-order valence-electron chi connectivity index (χ4n) is 3.20. The van der Waals surface area contributed by atoms with Gasteiger partial charge < -0.3 is 15.0 Å². The molecule has 0 spiro atoms. The maximum atomic E-state index is 13.0. The lowest BCUT2D eigenvalue weighted by Crippen LogP contribution is -2.48. The number of rotatable bonds is 6. The van der Waals surface area contributed by atoms with Crippen molar-refractivity contribution in [2.45, 2.75) is 19.0 Å². The van der Waals surface area contributed by atoms with Crippen molar-refractivity contribution in [3.63, 3.8) is 0 Å². The van der Waals surface area contributed by atoms with Crippen molar-refractivity contribution in [1.29, 1.82) is 0 Å². The summed E-state index contributed by atoms with van der Waals surface area (Å²) in [6.07, 6.45) is 0.304. The smallest absolute Gasteiger partial charge is 0.247 e. The van der Waals surface area contributed by atoms with Crippen LogP contribution in [0.5, 0.6) is 0 Å². The lowest BCUT2D eigenvalue weighted by Gasteiger charge is -2.36. The molecule has 0 aromatic heterocycles. The van der Waals surface area contributed by atoms with Crippen LogP contribution in [-0.4, -0.2) is 37.0 Å². The fourth-order valence-corrected chi connectivity index (χ4v) is 3.41. The van der Waals surface area contributed by atoms with Crippen LogP contribution in [0, 0.1) is 0 Å². The highest BCUT2D eigenvalue weighted by molar-refractivity contribution is 6.30. The fraction of sp³-hybridized carbons (Fsp3) is 0.300. The third kappa shape index (κ3) is 4.06. The molecule has 0 saturated heterocycles. The lowest BCUT2D eigenvalue weighted by atomic mass is 9.91. The maximum Gasteiger partial charge on any atom is 0.247 e. The standard InChI is InChI=1S/C20H21ClN2O3/c1-26-10-9-23-18(24)12-15-6-2-3-8-17(15)19(23)20(25)22-13-14-5-4-7-16(21)11-14/h2-8,11,19H,9-10,12-13H2,1H3,(H,22,25)/t19-/m1/s1. The Hall–Kier alpha value is -2.37. The van der Waals surface area contributed by atoms with E-state index in [1.54, 1.807) is 18.1 Å². The summed E-state index contributed by atoms with van der Waals surface area (Å²) in [4.78, 5) is 27.1. The van der Waals surface area contributed by atoms with Crippen LogP contribution in [0.3, 0.4) is 0 Å². The molecular formula is C20H21ClN2O3. The van der Waals surface area contributed by atoms with Crippen LogP contribution in [0.15, 0.2) is 48.5 Å². The first-order valence-electron chi connectivity index (χ1n) is 8.48. The van der Waals surface area contributed by atoms with Crippen molar-refractivity contribution in [2.24, 2.45) is 0 Å². The number of hydrogen-bond donors (Lipinski definition) is 1. The summed E-state index contributed by atoms with van der Waals surface area (Å²) in [5.74, 6) is -0.273. The molecule has 6 heteroatoms. The number of nitrogens with one attached hydrogen (secondary N) is 1. The summed E-state index contributed by atoms with van der Waals surface area (Å²) in [7, 11) is 1.58. The minimum Gasteiger partial charge on any atom is -0.383 e. The molecule has 0 fully saturated rings. The molecule has 26 heavy (non-hydrogen) atoms. The van der Waals surface area contributed by atoms with Crippen LogP contribution in [-0.2, 0) is 27.3 Å². The van der Waals surface area contributed by atoms with E-state index in [2.05, 4.69) is 5.32 Å². The third-order valence-electron chi connectivity index (χ3n) is 4.46. The molecule has 1 N–H and O–H groups in total. The summed E-state index contributed by atoms with van der Waals surface area (Å²) < 4.78 is 5.11. The second-order valence-corrected chi connectivity index (χ2v) is 6.64. The zero-order valence-corrected chi connectivity index (χ0v) is 15.3. The predicted molar refractivity (Wildman–Crippen MR) is 99.8 cm³/mol. The molecule has 0 bridgehead atoms. The minimum atomic E-state index is -0.651. The van der Waals surface area contributed by atoms with Crippen LogP contribution in [0.4, 0.5) is 0 Å². The van der Waals surface area contributed by atoms with Crippen molar-refractivity contribution >= 4 is 23.4 Å². The molecule has 1 aliphatic rings. The SMILES string of the molecule is COCCN1C(=O)Cc2ccccc2[C@@H]1C(=O)NCc1cccc(Cl)c1. The molecular weight excluding hydrogens is 352 g/mol. The number of hydrogen-bond acceptors (Lipinski definition) is 3. The predicted octanol–water partition coefficient (Wildman–Crippen LogP) is 2.73. The van der Waals surface area contributed by atoms with Crippen LogP contribution in [0.25, 0.3) is 0 Å². The van der Waals surface area contributed by atoms with Crippen molar-refractivity contribution in [2.75, 3.05) is 20.3 Å². The van der Waals surface area contributed by atoms with Crippen molar-refractivity contribution in [3.05, 3.63) is 70.2 Å². The molecule has 2 aromatic rings. The summed E-state index contributed by atoms with van der Waals surface area (Å²) in [6.45, 7) is 1.11. The maximum absolute atomic E-state index is 13.0. The summed E-state index contributed by atoms with van der Waals surface area (Å²) in [5, 5.41) is 3.55. The molecule has 1 atom stereocenters. The van der Waals surface area contributed by atoms with Gasteiger partial charge in [0.15, 0.2) is 0 Å². The topological polar surface area (TPSA) is 58.6 Å². The summed E-state index contributed by atoms with van der Waals surface area (Å²) in [6, 6.07) is 14.3. The number of amides is 2. The van der Waals surface area contributed by atoms with Gasteiger partial charge in [-0.1, -0.05) is 48.0 Å². The zero-order valence-electron chi connectivity index (χ0n) is 14.6. The Labute approximate surface area is 157 Å². The average molecular weight is 373 g/mol. The largest absolute Gasteiger partial charge is 0.383 e. The second-order valence-electron chi connectivity index (χ2n) is 6.21. The van der Waals surface area contributed by atoms with E-state index in [0.29, 0.717) is 31.1 Å². The van der Waals surface area contributed by atoms with E-state index in [9.17, 15) is 9.59 Å². The van der Waals surface area contributed by atoms with Gasteiger partial charge in [-0.15, -0.1) is 0 Å². The van der Waals surface area contributed by atoms with Crippen LogP contribution < -0.4 is 5.32 Å². The van der Waals surface area contributed by atoms with Crippen LogP contribution >= 0.6 is 11.6 Å². The van der Waals surface area contributed by atoms with Crippen molar-refractivity contribution < 1.29 is 14.3 Å². The van der Waals surface area contributed by atoms with E-state index < -0.39 is 6.04 Å². The second kappa shape index (κ2) is 8.34. The molecule has 1 aliphatic heterocycles. The number of ether oxygens (including phenoxy) is 1. The number of fused-ring (bicyclic) bond motifs is 1. The van der Waals surface area contributed by atoms with E-state index in [0.717, 1.165) is 16.7 Å². The Balaban J connectivity index is 1.82. The molecule has 2 amide bonds. The Morgan fingerprint density at radius 1 is 1.27 bits per heavy atom. The van der Waals surface area contributed by atoms with Crippen molar-refractivity contribution in [3.8, 4) is 0 Å². The molecule has 0 saturated carbocycles. The van der Waals surface area contributed by atoms with E-state index in [-0.39, 0.29) is 11.8 Å². The van der Waals surface area contributed by atoms with Gasteiger partial charge >= 0.3 is 0 Å². The number of benzene rings is 2. The highest BCUT2D eigenvalue weighted by Gasteiger charge is 2.36. The first-order chi connectivity index (χ1) is 12.6. The van der Waals surface area contributed by atoms with E-state index >= 15 is 0 Å². The van der Waals surface area contributed by atoms with Crippen molar-refractivity contribution in [1.82, 2.24) is 10.2 Å². The van der Waals surface area contributed by atoms with Gasteiger partial charge in [0.25, 0.3) is 0 Å². The molecule has 2 aromatic carbocycles. The lowest BCUT2D eigenvalue weighted by molar-refractivity contribution is -0.142. The monoisotopic (exact) mass is 372 g/mol. The Kier molecular flexibility index (Phi) is 5.91. The Morgan fingerprint density at radius 3 is 2.85 bits per heavy atom. The van der Waals surface area contributed by atoms with Crippen LogP contribution in [0.2, 0.25) is 5.02 Å². The number of nitrogens with zero attached hydrogens (tertiary/aromatic N) is 1. The molecule has 0 aliphatic carbocycles. The molecule has 0 unspecified atom stereocenters.